The van der Waals surface area contributed by atoms with Crippen LogP contribution in [0.3, 0.4) is 0 Å². The highest BCUT2D eigenvalue weighted by Gasteiger charge is 2.25. The van der Waals surface area contributed by atoms with E-state index < -0.39 is 0 Å². The van der Waals surface area contributed by atoms with E-state index in [1.54, 1.807) is 14.2 Å². The summed E-state index contributed by atoms with van der Waals surface area (Å²) < 4.78 is 10.5. The van der Waals surface area contributed by atoms with Crippen molar-refractivity contribution in [2.45, 2.75) is 38.3 Å². The molecule has 1 aliphatic rings. The van der Waals surface area contributed by atoms with Gasteiger partial charge in [-0.2, -0.15) is 0 Å². The zero-order valence-corrected chi connectivity index (χ0v) is 14.4. The Balaban J connectivity index is 2.52. The van der Waals surface area contributed by atoms with Crippen molar-refractivity contribution in [1.29, 1.82) is 0 Å². The first-order valence-electron chi connectivity index (χ1n) is 8.35. The molecule has 0 aromatic heterocycles. The topological polar surface area (TPSA) is 37.0 Å². The van der Waals surface area contributed by atoms with Gasteiger partial charge >= 0.3 is 0 Å². The van der Waals surface area contributed by atoms with Gasteiger partial charge in [-0.1, -0.05) is 13.3 Å². The van der Waals surface area contributed by atoms with Crippen LogP contribution in [0.1, 0.15) is 26.2 Å². The smallest absolute Gasteiger partial charge is 0.0589 e. The molecule has 1 rings (SSSR count). The monoisotopic (exact) mass is 301 g/mol. The molecule has 126 valence electrons. The largest absolute Gasteiger partial charge is 0.385 e. The van der Waals surface area contributed by atoms with Gasteiger partial charge < -0.3 is 14.8 Å². The molecule has 0 aliphatic carbocycles. The molecule has 2 atom stereocenters. The quantitative estimate of drug-likeness (QED) is 0.617. The number of nitrogens with zero attached hydrogens (tertiary/aromatic N) is 2. The number of hydrogen-bond acceptors (Lipinski definition) is 5. The van der Waals surface area contributed by atoms with E-state index in [0.29, 0.717) is 12.1 Å². The second kappa shape index (κ2) is 11.4. The second-order valence-corrected chi connectivity index (χ2v) is 6.05. The molecule has 0 aromatic rings. The minimum atomic E-state index is 0.605. The van der Waals surface area contributed by atoms with Crippen LogP contribution in [0.2, 0.25) is 0 Å². The van der Waals surface area contributed by atoms with Crippen molar-refractivity contribution in [3.63, 3.8) is 0 Å². The van der Waals surface area contributed by atoms with Gasteiger partial charge in [-0.3, -0.25) is 9.80 Å². The zero-order chi connectivity index (χ0) is 15.5. The minimum Gasteiger partial charge on any atom is -0.385 e. The van der Waals surface area contributed by atoms with Gasteiger partial charge in [0.15, 0.2) is 0 Å². The van der Waals surface area contributed by atoms with E-state index in [0.717, 1.165) is 52.4 Å². The first-order chi connectivity index (χ1) is 10.2. The maximum absolute atomic E-state index is 5.26. The molecular formula is C16H35N3O2. The zero-order valence-electron chi connectivity index (χ0n) is 14.4. The lowest BCUT2D eigenvalue weighted by atomic mass is 10.1. The molecule has 1 N–H and O–H groups in total. The predicted octanol–water partition coefficient (Wildman–Crippen LogP) is 1.04. The van der Waals surface area contributed by atoms with Crippen LogP contribution in [0.25, 0.3) is 0 Å². The molecule has 1 aliphatic heterocycles. The van der Waals surface area contributed by atoms with Crippen LogP contribution in [0.4, 0.5) is 0 Å². The Labute approximate surface area is 131 Å². The Bertz CT molecular complexity index is 252. The van der Waals surface area contributed by atoms with Crippen LogP contribution in [-0.2, 0) is 9.47 Å². The lowest BCUT2D eigenvalue weighted by Crippen LogP contribution is -2.55. The van der Waals surface area contributed by atoms with Gasteiger partial charge in [0, 0.05) is 65.6 Å². The van der Waals surface area contributed by atoms with E-state index in [2.05, 4.69) is 29.1 Å². The van der Waals surface area contributed by atoms with Gasteiger partial charge in [-0.05, 0) is 19.9 Å². The van der Waals surface area contributed by atoms with E-state index in [1.807, 2.05) is 0 Å². The van der Waals surface area contributed by atoms with Crippen molar-refractivity contribution in [3.8, 4) is 0 Å². The van der Waals surface area contributed by atoms with Crippen LogP contribution in [0, 0.1) is 0 Å². The third-order valence-corrected chi connectivity index (χ3v) is 4.47. The number of likely N-dealkylation sites (N-methyl/N-ethyl adjacent to an activating group) is 1. The molecule has 0 spiro atoms. The molecule has 0 aromatic carbocycles. The third-order valence-electron chi connectivity index (χ3n) is 4.47. The van der Waals surface area contributed by atoms with Crippen molar-refractivity contribution in [2.75, 3.05) is 67.2 Å². The van der Waals surface area contributed by atoms with Gasteiger partial charge in [0.25, 0.3) is 0 Å². The Kier molecular flexibility index (Phi) is 10.2. The van der Waals surface area contributed by atoms with Crippen LogP contribution in [-0.4, -0.2) is 89.1 Å². The molecule has 1 heterocycles. The third kappa shape index (κ3) is 7.06. The van der Waals surface area contributed by atoms with Gasteiger partial charge in [0.1, 0.15) is 0 Å². The van der Waals surface area contributed by atoms with Crippen molar-refractivity contribution in [2.24, 2.45) is 0 Å². The molecule has 0 amide bonds. The number of piperazine rings is 1. The SMILES string of the molecule is CCCC(CN1CCNCC1CCOC)N(C)CCOC. The van der Waals surface area contributed by atoms with Crippen molar-refractivity contribution in [1.82, 2.24) is 15.1 Å². The van der Waals surface area contributed by atoms with Crippen LogP contribution < -0.4 is 5.32 Å². The Morgan fingerprint density at radius 1 is 1.29 bits per heavy atom. The number of methoxy groups -OCH3 is 2. The summed E-state index contributed by atoms with van der Waals surface area (Å²) in [5.74, 6) is 0. The standard InChI is InChI=1S/C16H35N3O2/c1-5-6-16(18(2)10-12-21-4)14-19-9-8-17-13-15(19)7-11-20-3/h15-17H,5-14H2,1-4H3. The number of hydrogen-bond donors (Lipinski definition) is 1. The van der Waals surface area contributed by atoms with Gasteiger partial charge in [-0.25, -0.2) is 0 Å². The number of nitrogens with one attached hydrogen (secondary N) is 1. The summed E-state index contributed by atoms with van der Waals surface area (Å²) in [6, 6.07) is 1.22. The maximum atomic E-state index is 5.26. The number of ether oxygens (including phenoxy) is 2. The average Bonchev–Trinajstić information content (AvgIpc) is 2.51. The lowest BCUT2D eigenvalue weighted by Gasteiger charge is -2.40. The summed E-state index contributed by atoms with van der Waals surface area (Å²) in [6.45, 7) is 9.43. The maximum Gasteiger partial charge on any atom is 0.0589 e. The molecule has 5 heteroatoms. The highest BCUT2D eigenvalue weighted by atomic mass is 16.5. The highest BCUT2D eigenvalue weighted by Crippen LogP contribution is 2.13. The van der Waals surface area contributed by atoms with E-state index in [1.165, 1.54) is 12.8 Å². The van der Waals surface area contributed by atoms with Gasteiger partial charge in [-0.15, -0.1) is 0 Å². The fraction of sp³-hybridized carbons (Fsp3) is 1.00. The fourth-order valence-electron chi connectivity index (χ4n) is 3.05. The minimum absolute atomic E-state index is 0.605. The normalized spacial score (nSPS) is 21.9. The lowest BCUT2D eigenvalue weighted by molar-refractivity contribution is 0.0693. The van der Waals surface area contributed by atoms with Gasteiger partial charge in [0.2, 0.25) is 0 Å². The fourth-order valence-corrected chi connectivity index (χ4v) is 3.05. The Morgan fingerprint density at radius 2 is 2.05 bits per heavy atom. The molecule has 1 saturated heterocycles. The predicted molar refractivity (Wildman–Crippen MR) is 87.9 cm³/mol. The molecule has 0 saturated carbocycles. The Morgan fingerprint density at radius 3 is 2.71 bits per heavy atom. The van der Waals surface area contributed by atoms with E-state index in [4.69, 9.17) is 9.47 Å². The molecule has 21 heavy (non-hydrogen) atoms. The van der Waals surface area contributed by atoms with Crippen molar-refractivity contribution in [3.05, 3.63) is 0 Å². The highest BCUT2D eigenvalue weighted by molar-refractivity contribution is 4.83. The molecule has 1 fully saturated rings. The van der Waals surface area contributed by atoms with E-state index >= 15 is 0 Å². The molecule has 0 radical (unpaired) electrons. The van der Waals surface area contributed by atoms with Crippen molar-refractivity contribution < 1.29 is 9.47 Å². The molecule has 2 unspecified atom stereocenters. The first-order valence-corrected chi connectivity index (χ1v) is 8.35. The molecular weight excluding hydrogens is 266 g/mol. The second-order valence-electron chi connectivity index (χ2n) is 6.05. The molecule has 0 bridgehead atoms. The summed E-state index contributed by atoms with van der Waals surface area (Å²) in [5.41, 5.74) is 0. The van der Waals surface area contributed by atoms with Crippen LogP contribution in [0.5, 0.6) is 0 Å². The molecule has 5 nitrogen and oxygen atoms in total. The summed E-state index contributed by atoms with van der Waals surface area (Å²) >= 11 is 0. The number of rotatable bonds is 11. The van der Waals surface area contributed by atoms with Crippen LogP contribution in [0.15, 0.2) is 0 Å². The van der Waals surface area contributed by atoms with Gasteiger partial charge in [0.05, 0.1) is 6.61 Å². The van der Waals surface area contributed by atoms with Crippen LogP contribution >= 0.6 is 0 Å². The van der Waals surface area contributed by atoms with E-state index in [9.17, 15) is 0 Å². The Hall–Kier alpha value is -0.200. The first kappa shape index (κ1) is 18.8. The van der Waals surface area contributed by atoms with Crippen molar-refractivity contribution >= 4 is 0 Å². The van der Waals surface area contributed by atoms with E-state index in [-0.39, 0.29) is 0 Å². The average molecular weight is 301 g/mol. The summed E-state index contributed by atoms with van der Waals surface area (Å²) in [4.78, 5) is 5.11. The summed E-state index contributed by atoms with van der Waals surface area (Å²) in [5, 5.41) is 3.51. The summed E-state index contributed by atoms with van der Waals surface area (Å²) in [6.07, 6.45) is 3.60. The summed E-state index contributed by atoms with van der Waals surface area (Å²) in [7, 11) is 5.80.